The molecule has 36 heavy (non-hydrogen) atoms. The molecule has 0 saturated carbocycles. The topological polar surface area (TPSA) is 120 Å². The first-order valence-electron chi connectivity index (χ1n) is 11.5. The second-order valence-electron chi connectivity index (χ2n) is 9.06. The number of carboxylic acids is 1. The number of aromatic nitrogens is 2. The van der Waals surface area contributed by atoms with Crippen molar-refractivity contribution < 1.29 is 15.0 Å². The number of nitrogens with zero attached hydrogens (tertiary/aromatic N) is 3. The van der Waals surface area contributed by atoms with Crippen molar-refractivity contribution in [2.45, 2.75) is 40.5 Å². The summed E-state index contributed by atoms with van der Waals surface area (Å²) in [4.78, 5) is 24.3. The van der Waals surface area contributed by atoms with Crippen molar-refractivity contribution in [2.24, 2.45) is 10.2 Å². The largest absolute Gasteiger partial charge is 0.505 e. The zero-order valence-corrected chi connectivity index (χ0v) is 20.8. The molecule has 3 aromatic carbocycles. The summed E-state index contributed by atoms with van der Waals surface area (Å²) in [5.74, 6) is -1.61. The first-order chi connectivity index (χ1) is 17.1. The van der Waals surface area contributed by atoms with Crippen LogP contribution in [0, 0.1) is 27.7 Å². The Hall–Kier alpha value is -4.46. The number of carbonyl (C=O) groups is 1. The van der Waals surface area contributed by atoms with Crippen LogP contribution in [0.2, 0.25) is 0 Å². The highest BCUT2D eigenvalue weighted by molar-refractivity contribution is 5.79. The van der Waals surface area contributed by atoms with Gasteiger partial charge in [-0.05, 0) is 86.7 Å². The van der Waals surface area contributed by atoms with Gasteiger partial charge < -0.3 is 10.2 Å². The summed E-state index contributed by atoms with van der Waals surface area (Å²) in [6, 6.07) is 16.2. The van der Waals surface area contributed by atoms with E-state index in [1.165, 1.54) is 4.68 Å². The Morgan fingerprint density at radius 2 is 1.64 bits per heavy atom. The maximum Gasteiger partial charge on any atom is 0.310 e. The van der Waals surface area contributed by atoms with Crippen LogP contribution in [0.25, 0.3) is 16.8 Å². The standard InChI is InChI=1S/C28H28N4O4/c1-15-12-23(21-9-7-20(8-10-21)18(4)28(35)36)26(33)24(13-15)29-30-25-19(5)31-32(27(25)34)22-11-6-16(2)17(3)14-22/h6-14,18,31,33H,1-5H3,(H,35,36). The predicted molar refractivity (Wildman–Crippen MR) is 139 cm³/mol. The van der Waals surface area contributed by atoms with Gasteiger partial charge in [0, 0.05) is 5.56 Å². The van der Waals surface area contributed by atoms with Crippen LogP contribution >= 0.6 is 0 Å². The van der Waals surface area contributed by atoms with Gasteiger partial charge in [0.25, 0.3) is 5.56 Å². The minimum Gasteiger partial charge on any atom is -0.505 e. The van der Waals surface area contributed by atoms with Crippen LogP contribution in [0.4, 0.5) is 11.4 Å². The SMILES string of the molecule is Cc1cc(N=Nc2c(C)[nH]n(-c3ccc(C)c(C)c3)c2=O)c(O)c(-c2ccc(C(C)C(=O)O)cc2)c1. The zero-order valence-electron chi connectivity index (χ0n) is 20.8. The fraction of sp³-hybridized carbons (Fsp3) is 0.214. The van der Waals surface area contributed by atoms with Gasteiger partial charge in [-0.2, -0.15) is 0 Å². The van der Waals surface area contributed by atoms with Gasteiger partial charge >= 0.3 is 5.97 Å². The fourth-order valence-corrected chi connectivity index (χ4v) is 3.96. The lowest BCUT2D eigenvalue weighted by Crippen LogP contribution is -2.14. The smallest absolute Gasteiger partial charge is 0.310 e. The van der Waals surface area contributed by atoms with Crippen molar-refractivity contribution in [1.82, 2.24) is 9.78 Å². The van der Waals surface area contributed by atoms with E-state index in [1.54, 1.807) is 44.2 Å². The van der Waals surface area contributed by atoms with Crippen molar-refractivity contribution in [1.29, 1.82) is 0 Å². The Bertz CT molecular complexity index is 1550. The van der Waals surface area contributed by atoms with E-state index in [2.05, 4.69) is 15.3 Å². The summed E-state index contributed by atoms with van der Waals surface area (Å²) in [6.07, 6.45) is 0. The molecule has 0 fully saturated rings. The van der Waals surface area contributed by atoms with Gasteiger partial charge in [-0.25, -0.2) is 4.68 Å². The Morgan fingerprint density at radius 3 is 2.28 bits per heavy atom. The first kappa shape index (κ1) is 24.7. The number of azo groups is 1. The summed E-state index contributed by atoms with van der Waals surface area (Å²) in [5.41, 5.74) is 6.26. The number of phenolic OH excluding ortho intramolecular Hbond substituents is 1. The van der Waals surface area contributed by atoms with Crippen LogP contribution in [0.15, 0.2) is 69.6 Å². The first-order valence-corrected chi connectivity index (χ1v) is 11.5. The molecule has 4 aromatic rings. The van der Waals surface area contributed by atoms with Crippen LogP contribution in [-0.2, 0) is 4.79 Å². The molecule has 8 nitrogen and oxygen atoms in total. The molecular weight excluding hydrogens is 456 g/mol. The van der Waals surface area contributed by atoms with E-state index in [-0.39, 0.29) is 22.7 Å². The molecule has 0 radical (unpaired) electrons. The summed E-state index contributed by atoms with van der Waals surface area (Å²) >= 11 is 0. The Balaban J connectivity index is 1.69. The van der Waals surface area contributed by atoms with Crippen molar-refractivity contribution in [3.8, 4) is 22.6 Å². The summed E-state index contributed by atoms with van der Waals surface area (Å²) in [7, 11) is 0. The molecule has 8 heteroatoms. The molecule has 3 N–H and O–H groups in total. The third-order valence-electron chi connectivity index (χ3n) is 6.37. The Labute approximate surface area is 208 Å². The fourth-order valence-electron chi connectivity index (χ4n) is 3.96. The van der Waals surface area contributed by atoms with Gasteiger partial charge in [-0.15, -0.1) is 10.2 Å². The van der Waals surface area contributed by atoms with Crippen LogP contribution in [-0.4, -0.2) is 26.0 Å². The Morgan fingerprint density at radius 1 is 0.944 bits per heavy atom. The van der Waals surface area contributed by atoms with Crippen molar-refractivity contribution in [3.05, 3.63) is 92.9 Å². The lowest BCUT2D eigenvalue weighted by atomic mass is 9.96. The van der Waals surface area contributed by atoms with Gasteiger partial charge in [0.1, 0.15) is 5.69 Å². The normalized spacial score (nSPS) is 12.2. The molecule has 184 valence electrons. The number of rotatable bonds is 6. The molecule has 4 rings (SSSR count). The van der Waals surface area contributed by atoms with Crippen molar-refractivity contribution >= 4 is 17.3 Å². The maximum absolute atomic E-state index is 13.1. The second kappa shape index (κ2) is 9.65. The molecule has 0 aliphatic rings. The molecule has 0 aliphatic carbocycles. The van der Waals surface area contributed by atoms with Crippen LogP contribution in [0.5, 0.6) is 5.75 Å². The average molecular weight is 485 g/mol. The molecule has 0 amide bonds. The third-order valence-corrected chi connectivity index (χ3v) is 6.37. The highest BCUT2D eigenvalue weighted by Crippen LogP contribution is 2.39. The molecule has 1 unspecified atom stereocenters. The van der Waals surface area contributed by atoms with Gasteiger partial charge in [0.2, 0.25) is 0 Å². The minimum absolute atomic E-state index is 0.0777. The summed E-state index contributed by atoms with van der Waals surface area (Å²) in [6.45, 7) is 9.23. The number of benzene rings is 3. The summed E-state index contributed by atoms with van der Waals surface area (Å²) in [5, 5.41) is 31.6. The number of hydrogen-bond donors (Lipinski definition) is 3. The molecule has 1 aromatic heterocycles. The van der Waals surface area contributed by atoms with E-state index in [1.807, 2.05) is 45.0 Å². The number of H-pyrrole nitrogens is 1. The number of phenols is 1. The number of hydrogen-bond acceptors (Lipinski definition) is 5. The number of aliphatic carboxylic acids is 1. The summed E-state index contributed by atoms with van der Waals surface area (Å²) < 4.78 is 1.43. The molecular formula is C28H28N4O4. The van der Waals surface area contributed by atoms with E-state index in [4.69, 9.17) is 0 Å². The van der Waals surface area contributed by atoms with Crippen LogP contribution < -0.4 is 5.56 Å². The van der Waals surface area contributed by atoms with E-state index in [0.717, 1.165) is 16.7 Å². The van der Waals surface area contributed by atoms with E-state index in [0.29, 0.717) is 28.1 Å². The average Bonchev–Trinajstić information content (AvgIpc) is 3.13. The van der Waals surface area contributed by atoms with E-state index < -0.39 is 11.9 Å². The minimum atomic E-state index is -0.902. The second-order valence-corrected chi connectivity index (χ2v) is 9.06. The predicted octanol–water partition coefficient (Wildman–Crippen LogP) is 6.38. The van der Waals surface area contributed by atoms with E-state index >= 15 is 0 Å². The van der Waals surface area contributed by atoms with Gasteiger partial charge in [0.05, 0.1) is 17.3 Å². The lowest BCUT2D eigenvalue weighted by molar-refractivity contribution is -0.138. The van der Waals surface area contributed by atoms with Crippen LogP contribution in [0.1, 0.15) is 40.8 Å². The molecule has 0 aliphatic heterocycles. The molecule has 0 spiro atoms. The van der Waals surface area contributed by atoms with Gasteiger partial charge in [0.15, 0.2) is 11.4 Å². The molecule has 0 bridgehead atoms. The zero-order chi connectivity index (χ0) is 26.1. The highest BCUT2D eigenvalue weighted by Gasteiger charge is 2.16. The third kappa shape index (κ3) is 4.70. The molecule has 1 heterocycles. The quantitative estimate of drug-likeness (QED) is 0.275. The number of aryl methyl sites for hydroxylation is 4. The van der Waals surface area contributed by atoms with Gasteiger partial charge in [-0.1, -0.05) is 30.3 Å². The van der Waals surface area contributed by atoms with Crippen LogP contribution in [0.3, 0.4) is 0 Å². The maximum atomic E-state index is 13.1. The number of nitrogens with one attached hydrogen (secondary N) is 1. The van der Waals surface area contributed by atoms with Gasteiger partial charge in [-0.3, -0.25) is 14.7 Å². The number of carboxylic acid groups (broad SMARTS) is 1. The van der Waals surface area contributed by atoms with Crippen molar-refractivity contribution in [3.63, 3.8) is 0 Å². The lowest BCUT2D eigenvalue weighted by Gasteiger charge is -2.11. The van der Waals surface area contributed by atoms with Crippen molar-refractivity contribution in [2.75, 3.05) is 0 Å². The Kier molecular flexibility index (Phi) is 6.61. The number of aromatic amines is 1. The molecule has 1 atom stereocenters. The molecule has 0 saturated heterocycles. The monoisotopic (exact) mass is 484 g/mol. The van der Waals surface area contributed by atoms with E-state index in [9.17, 15) is 19.8 Å². The highest BCUT2D eigenvalue weighted by atomic mass is 16.4. The number of aromatic hydroxyl groups is 1.